The minimum atomic E-state index is 0.277. The molecular formula is C19H20N4O. The van der Waals surface area contributed by atoms with Crippen LogP contribution in [0.15, 0.2) is 48.9 Å². The zero-order valence-corrected chi connectivity index (χ0v) is 13.6. The standard InChI is InChI=1S/C19H20N4O/c24-18-5-1-2-10-22(18)12-13-23-11-9-21-19(23)16-6-7-17-15(14-16)4-3-8-20-17/h3-4,6-9,11,14H,1-2,5,10,12-13H2. The molecule has 0 radical (unpaired) electrons. The molecule has 122 valence electrons. The molecule has 0 saturated carbocycles. The van der Waals surface area contributed by atoms with Crippen LogP contribution in [0.5, 0.6) is 0 Å². The second-order valence-electron chi connectivity index (χ2n) is 6.19. The molecule has 1 aliphatic rings. The minimum Gasteiger partial charge on any atom is -0.341 e. The van der Waals surface area contributed by atoms with Crippen molar-refractivity contribution in [3.63, 3.8) is 0 Å². The Bertz CT molecular complexity index is 870. The lowest BCUT2D eigenvalue weighted by atomic mass is 10.1. The molecule has 1 saturated heterocycles. The molecular weight excluding hydrogens is 300 g/mol. The molecule has 3 aromatic rings. The fourth-order valence-corrected chi connectivity index (χ4v) is 3.29. The Morgan fingerprint density at radius 2 is 2.00 bits per heavy atom. The van der Waals surface area contributed by atoms with E-state index in [1.54, 1.807) is 6.20 Å². The van der Waals surface area contributed by atoms with Gasteiger partial charge in [-0.05, 0) is 37.1 Å². The lowest BCUT2D eigenvalue weighted by molar-refractivity contribution is -0.133. The van der Waals surface area contributed by atoms with Crippen LogP contribution in [0.25, 0.3) is 22.3 Å². The van der Waals surface area contributed by atoms with E-state index in [0.29, 0.717) is 6.42 Å². The predicted molar refractivity (Wildman–Crippen MR) is 93.4 cm³/mol. The molecule has 1 aliphatic heterocycles. The van der Waals surface area contributed by atoms with Gasteiger partial charge in [0.25, 0.3) is 0 Å². The highest BCUT2D eigenvalue weighted by Gasteiger charge is 2.18. The van der Waals surface area contributed by atoms with Gasteiger partial charge < -0.3 is 9.47 Å². The summed E-state index contributed by atoms with van der Waals surface area (Å²) in [7, 11) is 0. The summed E-state index contributed by atoms with van der Waals surface area (Å²) in [5.74, 6) is 1.21. The highest BCUT2D eigenvalue weighted by Crippen LogP contribution is 2.22. The van der Waals surface area contributed by atoms with Crippen LogP contribution < -0.4 is 0 Å². The van der Waals surface area contributed by atoms with E-state index in [1.807, 2.05) is 29.4 Å². The molecule has 0 bridgehead atoms. The average molecular weight is 320 g/mol. The quantitative estimate of drug-likeness (QED) is 0.742. The van der Waals surface area contributed by atoms with Crippen LogP contribution in [0.2, 0.25) is 0 Å². The van der Waals surface area contributed by atoms with Gasteiger partial charge in [0.1, 0.15) is 5.82 Å². The van der Waals surface area contributed by atoms with E-state index >= 15 is 0 Å². The summed E-state index contributed by atoms with van der Waals surface area (Å²) in [4.78, 5) is 22.8. The summed E-state index contributed by atoms with van der Waals surface area (Å²) < 4.78 is 2.12. The summed E-state index contributed by atoms with van der Waals surface area (Å²) in [5, 5.41) is 1.11. The van der Waals surface area contributed by atoms with Crippen molar-refractivity contribution < 1.29 is 4.79 Å². The molecule has 5 heteroatoms. The number of hydrogen-bond acceptors (Lipinski definition) is 3. The third-order valence-corrected chi connectivity index (χ3v) is 4.61. The fraction of sp³-hybridized carbons (Fsp3) is 0.316. The summed E-state index contributed by atoms with van der Waals surface area (Å²) in [6.45, 7) is 2.40. The van der Waals surface area contributed by atoms with E-state index in [-0.39, 0.29) is 5.91 Å². The lowest BCUT2D eigenvalue weighted by Gasteiger charge is -2.27. The van der Waals surface area contributed by atoms with E-state index in [2.05, 4.69) is 32.7 Å². The molecule has 2 aromatic heterocycles. The van der Waals surface area contributed by atoms with Gasteiger partial charge in [0.2, 0.25) is 5.91 Å². The Kier molecular flexibility index (Phi) is 3.99. The van der Waals surface area contributed by atoms with Gasteiger partial charge in [0.05, 0.1) is 5.52 Å². The molecule has 0 N–H and O–H groups in total. The van der Waals surface area contributed by atoms with Crippen molar-refractivity contribution >= 4 is 16.8 Å². The maximum atomic E-state index is 11.9. The zero-order valence-electron chi connectivity index (χ0n) is 13.6. The van der Waals surface area contributed by atoms with Crippen molar-refractivity contribution in [2.75, 3.05) is 13.1 Å². The first-order chi connectivity index (χ1) is 11.8. The van der Waals surface area contributed by atoms with Gasteiger partial charge in [-0.25, -0.2) is 4.98 Å². The third kappa shape index (κ3) is 2.89. The van der Waals surface area contributed by atoms with Gasteiger partial charge in [-0.3, -0.25) is 9.78 Å². The third-order valence-electron chi connectivity index (χ3n) is 4.61. The molecule has 5 nitrogen and oxygen atoms in total. The topological polar surface area (TPSA) is 51.0 Å². The number of fused-ring (bicyclic) bond motifs is 1. The number of rotatable bonds is 4. The number of carbonyl (C=O) groups is 1. The second kappa shape index (κ2) is 6.43. The average Bonchev–Trinajstić information content (AvgIpc) is 3.09. The number of carbonyl (C=O) groups excluding carboxylic acids is 1. The van der Waals surface area contributed by atoms with Crippen LogP contribution in [-0.2, 0) is 11.3 Å². The Balaban J connectivity index is 1.56. The molecule has 0 unspecified atom stereocenters. The van der Waals surface area contributed by atoms with Crippen molar-refractivity contribution in [2.24, 2.45) is 0 Å². The number of amides is 1. The van der Waals surface area contributed by atoms with Crippen molar-refractivity contribution in [1.82, 2.24) is 19.4 Å². The molecule has 1 aromatic carbocycles. The number of nitrogens with zero attached hydrogens (tertiary/aromatic N) is 4. The number of aromatic nitrogens is 3. The second-order valence-corrected chi connectivity index (χ2v) is 6.19. The molecule has 0 atom stereocenters. The molecule has 24 heavy (non-hydrogen) atoms. The van der Waals surface area contributed by atoms with Crippen LogP contribution in [0, 0.1) is 0 Å². The van der Waals surface area contributed by atoms with Gasteiger partial charge in [-0.15, -0.1) is 0 Å². The number of hydrogen-bond donors (Lipinski definition) is 0. The van der Waals surface area contributed by atoms with E-state index in [1.165, 1.54) is 0 Å². The summed E-state index contributed by atoms with van der Waals surface area (Å²) in [5.41, 5.74) is 2.06. The Labute approximate surface area is 140 Å². The molecule has 1 amide bonds. The maximum absolute atomic E-state index is 11.9. The van der Waals surface area contributed by atoms with Crippen molar-refractivity contribution in [1.29, 1.82) is 0 Å². The first-order valence-corrected chi connectivity index (χ1v) is 8.45. The Morgan fingerprint density at radius 1 is 1.04 bits per heavy atom. The molecule has 0 spiro atoms. The molecule has 0 aliphatic carbocycles. The summed E-state index contributed by atoms with van der Waals surface area (Å²) >= 11 is 0. The van der Waals surface area contributed by atoms with Crippen LogP contribution in [0.1, 0.15) is 19.3 Å². The Morgan fingerprint density at radius 3 is 2.92 bits per heavy atom. The maximum Gasteiger partial charge on any atom is 0.222 e. The first-order valence-electron chi connectivity index (χ1n) is 8.45. The number of likely N-dealkylation sites (tertiary alicyclic amines) is 1. The van der Waals surface area contributed by atoms with E-state index in [0.717, 1.165) is 54.8 Å². The minimum absolute atomic E-state index is 0.277. The van der Waals surface area contributed by atoms with Crippen molar-refractivity contribution in [3.05, 3.63) is 48.9 Å². The Hall–Kier alpha value is -2.69. The van der Waals surface area contributed by atoms with Gasteiger partial charge in [0, 0.05) is 55.6 Å². The van der Waals surface area contributed by atoms with Crippen LogP contribution in [0.3, 0.4) is 0 Å². The van der Waals surface area contributed by atoms with Gasteiger partial charge in [0.15, 0.2) is 0 Å². The fourth-order valence-electron chi connectivity index (χ4n) is 3.29. The largest absolute Gasteiger partial charge is 0.341 e. The summed E-state index contributed by atoms with van der Waals surface area (Å²) in [6.07, 6.45) is 8.43. The zero-order chi connectivity index (χ0) is 16.4. The van der Waals surface area contributed by atoms with E-state index < -0.39 is 0 Å². The molecule has 1 fully saturated rings. The van der Waals surface area contributed by atoms with E-state index in [9.17, 15) is 4.79 Å². The summed E-state index contributed by atoms with van der Waals surface area (Å²) in [6, 6.07) is 10.2. The predicted octanol–water partition coefficient (Wildman–Crippen LogP) is 3.11. The number of benzene rings is 1. The van der Waals surface area contributed by atoms with Crippen molar-refractivity contribution in [2.45, 2.75) is 25.8 Å². The molecule has 4 rings (SSSR count). The van der Waals surface area contributed by atoms with Gasteiger partial charge in [-0.1, -0.05) is 6.07 Å². The van der Waals surface area contributed by atoms with Crippen LogP contribution in [0.4, 0.5) is 0 Å². The smallest absolute Gasteiger partial charge is 0.222 e. The van der Waals surface area contributed by atoms with Crippen LogP contribution in [-0.4, -0.2) is 38.4 Å². The highest BCUT2D eigenvalue weighted by molar-refractivity contribution is 5.83. The number of pyridine rings is 1. The lowest BCUT2D eigenvalue weighted by Crippen LogP contribution is -2.37. The van der Waals surface area contributed by atoms with Gasteiger partial charge >= 0.3 is 0 Å². The SMILES string of the molecule is O=C1CCCCN1CCn1ccnc1-c1ccc2ncccc2c1. The highest BCUT2D eigenvalue weighted by atomic mass is 16.2. The van der Waals surface area contributed by atoms with Gasteiger partial charge in [-0.2, -0.15) is 0 Å². The van der Waals surface area contributed by atoms with Crippen molar-refractivity contribution in [3.8, 4) is 11.4 Å². The monoisotopic (exact) mass is 320 g/mol. The van der Waals surface area contributed by atoms with Crippen LogP contribution >= 0.6 is 0 Å². The number of piperidine rings is 1. The number of imidazole rings is 1. The first kappa shape index (κ1) is 14.9. The normalized spacial score (nSPS) is 15.2. The molecule has 3 heterocycles. The van der Waals surface area contributed by atoms with E-state index in [4.69, 9.17) is 0 Å².